The molecule has 0 aliphatic carbocycles. The van der Waals surface area contributed by atoms with Gasteiger partial charge in [0.2, 0.25) is 5.91 Å². The number of benzene rings is 1. The first kappa shape index (κ1) is 16.3. The van der Waals surface area contributed by atoms with Crippen LogP contribution in [0.3, 0.4) is 0 Å². The van der Waals surface area contributed by atoms with Gasteiger partial charge in [-0.2, -0.15) is 0 Å². The summed E-state index contributed by atoms with van der Waals surface area (Å²) in [6.07, 6.45) is 0. The summed E-state index contributed by atoms with van der Waals surface area (Å²) in [7, 11) is 0. The molecule has 1 aromatic rings. The normalized spacial score (nSPS) is 17.0. The highest BCUT2D eigenvalue weighted by atomic mass is 35.5. The van der Waals surface area contributed by atoms with Gasteiger partial charge in [0.25, 0.3) is 0 Å². The molecule has 0 unspecified atom stereocenters. The molecule has 1 N–H and O–H groups in total. The van der Waals surface area contributed by atoms with Crippen LogP contribution in [0.25, 0.3) is 0 Å². The summed E-state index contributed by atoms with van der Waals surface area (Å²) >= 11 is 5.91. The Morgan fingerprint density at radius 3 is 2.29 bits per heavy atom. The summed E-state index contributed by atoms with van der Waals surface area (Å²) in [5.74, 6) is 0.147. The molecule has 1 aliphatic rings. The Hall–Kier alpha value is -1.10. The Morgan fingerprint density at radius 1 is 1.19 bits per heavy atom. The summed E-state index contributed by atoms with van der Waals surface area (Å²) in [4.78, 5) is 16.9. The zero-order chi connectivity index (χ0) is 15.5. The van der Waals surface area contributed by atoms with Crippen molar-refractivity contribution in [3.8, 4) is 0 Å². The van der Waals surface area contributed by atoms with Gasteiger partial charge in [-0.05, 0) is 31.5 Å². The van der Waals surface area contributed by atoms with Gasteiger partial charge >= 0.3 is 0 Å². The van der Waals surface area contributed by atoms with Crippen molar-refractivity contribution in [2.45, 2.75) is 19.3 Å². The molecule has 21 heavy (non-hydrogen) atoms. The van der Waals surface area contributed by atoms with E-state index >= 15 is 0 Å². The Bertz CT molecular complexity index is 480. The Labute approximate surface area is 131 Å². The molecule has 0 spiro atoms. The predicted octanol–water partition coefficient (Wildman–Crippen LogP) is 1.75. The number of carbonyl (C=O) groups is 1. The van der Waals surface area contributed by atoms with Crippen molar-refractivity contribution in [2.24, 2.45) is 0 Å². The van der Waals surface area contributed by atoms with Crippen LogP contribution in [0.2, 0.25) is 5.02 Å². The van der Waals surface area contributed by atoms with Crippen molar-refractivity contribution in [2.75, 3.05) is 39.3 Å². The SMILES string of the molecule is CC(C)(C(=O)N1CCN(CCO)CC1)c1ccc(Cl)cc1. The van der Waals surface area contributed by atoms with Crippen LogP contribution in [0, 0.1) is 0 Å². The van der Waals surface area contributed by atoms with Crippen LogP contribution >= 0.6 is 11.6 Å². The molecule has 116 valence electrons. The van der Waals surface area contributed by atoms with Gasteiger partial charge in [0, 0.05) is 37.7 Å². The number of rotatable bonds is 4. The van der Waals surface area contributed by atoms with E-state index < -0.39 is 5.41 Å². The van der Waals surface area contributed by atoms with Crippen LogP contribution in [-0.4, -0.2) is 60.1 Å². The molecule has 0 atom stereocenters. The first-order valence-electron chi connectivity index (χ1n) is 7.34. The van der Waals surface area contributed by atoms with Crippen LogP contribution < -0.4 is 0 Å². The largest absolute Gasteiger partial charge is 0.395 e. The van der Waals surface area contributed by atoms with Crippen molar-refractivity contribution < 1.29 is 9.90 Å². The number of β-amino-alcohol motifs (C(OH)–C–C–N with tert-alkyl or cyclic N) is 1. The van der Waals surface area contributed by atoms with Crippen molar-refractivity contribution in [1.29, 1.82) is 0 Å². The van der Waals surface area contributed by atoms with E-state index in [1.165, 1.54) is 0 Å². The zero-order valence-corrected chi connectivity index (χ0v) is 13.4. The molecule has 5 heteroatoms. The molecular weight excluding hydrogens is 288 g/mol. The van der Waals surface area contributed by atoms with Gasteiger partial charge in [-0.15, -0.1) is 0 Å². The maximum Gasteiger partial charge on any atom is 0.232 e. The van der Waals surface area contributed by atoms with Crippen molar-refractivity contribution >= 4 is 17.5 Å². The van der Waals surface area contributed by atoms with E-state index in [-0.39, 0.29) is 12.5 Å². The molecule has 1 aromatic carbocycles. The first-order chi connectivity index (χ1) is 9.95. The molecule has 2 rings (SSSR count). The zero-order valence-electron chi connectivity index (χ0n) is 12.7. The van der Waals surface area contributed by atoms with Crippen molar-refractivity contribution in [3.63, 3.8) is 0 Å². The Morgan fingerprint density at radius 2 is 1.76 bits per heavy atom. The molecule has 1 fully saturated rings. The van der Waals surface area contributed by atoms with E-state index in [1.807, 2.05) is 43.0 Å². The van der Waals surface area contributed by atoms with E-state index in [0.717, 1.165) is 31.7 Å². The van der Waals surface area contributed by atoms with E-state index in [0.29, 0.717) is 11.6 Å². The highest BCUT2D eigenvalue weighted by Gasteiger charge is 2.34. The van der Waals surface area contributed by atoms with Gasteiger partial charge < -0.3 is 10.0 Å². The van der Waals surface area contributed by atoms with Crippen LogP contribution in [0.15, 0.2) is 24.3 Å². The Balaban J connectivity index is 2.03. The topological polar surface area (TPSA) is 43.8 Å². The lowest BCUT2D eigenvalue weighted by Gasteiger charge is -2.38. The van der Waals surface area contributed by atoms with Gasteiger partial charge in [-0.1, -0.05) is 23.7 Å². The minimum Gasteiger partial charge on any atom is -0.395 e. The third kappa shape index (κ3) is 3.76. The van der Waals surface area contributed by atoms with Crippen LogP contribution in [0.4, 0.5) is 0 Å². The van der Waals surface area contributed by atoms with Gasteiger partial charge in [0.05, 0.1) is 12.0 Å². The quantitative estimate of drug-likeness (QED) is 0.921. The predicted molar refractivity (Wildman–Crippen MR) is 84.6 cm³/mol. The molecule has 1 saturated heterocycles. The number of nitrogens with zero attached hydrogens (tertiary/aromatic N) is 2. The second kappa shape index (κ2) is 6.77. The summed E-state index contributed by atoms with van der Waals surface area (Å²) in [5, 5.41) is 9.64. The fourth-order valence-corrected chi connectivity index (χ4v) is 2.83. The lowest BCUT2D eigenvalue weighted by Crippen LogP contribution is -2.53. The minimum atomic E-state index is -0.552. The number of aliphatic hydroxyl groups excluding tert-OH is 1. The van der Waals surface area contributed by atoms with Gasteiger partial charge in [0.1, 0.15) is 0 Å². The Kier molecular flexibility index (Phi) is 5.25. The van der Waals surface area contributed by atoms with Gasteiger partial charge in [0.15, 0.2) is 0 Å². The molecule has 0 radical (unpaired) electrons. The molecular formula is C16H23ClN2O2. The third-order valence-electron chi connectivity index (χ3n) is 4.18. The van der Waals surface area contributed by atoms with E-state index in [2.05, 4.69) is 4.90 Å². The van der Waals surface area contributed by atoms with Crippen LogP contribution in [0.1, 0.15) is 19.4 Å². The molecule has 4 nitrogen and oxygen atoms in total. The summed E-state index contributed by atoms with van der Waals surface area (Å²) in [6.45, 7) is 7.85. The van der Waals surface area contributed by atoms with E-state index in [1.54, 1.807) is 0 Å². The highest BCUT2D eigenvalue weighted by Crippen LogP contribution is 2.27. The number of aliphatic hydroxyl groups is 1. The van der Waals surface area contributed by atoms with Crippen molar-refractivity contribution in [3.05, 3.63) is 34.9 Å². The average Bonchev–Trinajstić information content (AvgIpc) is 2.48. The van der Waals surface area contributed by atoms with Gasteiger partial charge in [-0.3, -0.25) is 9.69 Å². The molecule has 1 amide bonds. The molecule has 0 saturated carbocycles. The molecule has 0 aromatic heterocycles. The summed E-state index contributed by atoms with van der Waals surface area (Å²) in [5.41, 5.74) is 0.429. The smallest absolute Gasteiger partial charge is 0.232 e. The maximum absolute atomic E-state index is 12.8. The number of carbonyl (C=O) groups excluding carboxylic acids is 1. The number of piperazine rings is 1. The van der Waals surface area contributed by atoms with E-state index in [4.69, 9.17) is 16.7 Å². The fraction of sp³-hybridized carbons (Fsp3) is 0.562. The summed E-state index contributed by atoms with van der Waals surface area (Å²) in [6, 6.07) is 7.49. The second-order valence-corrected chi connectivity index (χ2v) is 6.43. The second-order valence-electron chi connectivity index (χ2n) is 5.99. The first-order valence-corrected chi connectivity index (χ1v) is 7.71. The number of hydrogen-bond acceptors (Lipinski definition) is 3. The van der Waals surface area contributed by atoms with Crippen LogP contribution in [-0.2, 0) is 10.2 Å². The monoisotopic (exact) mass is 310 g/mol. The maximum atomic E-state index is 12.8. The molecule has 1 aliphatic heterocycles. The van der Waals surface area contributed by atoms with E-state index in [9.17, 15) is 4.79 Å². The van der Waals surface area contributed by atoms with Gasteiger partial charge in [-0.25, -0.2) is 0 Å². The number of amides is 1. The highest BCUT2D eigenvalue weighted by molar-refractivity contribution is 6.30. The van der Waals surface area contributed by atoms with Crippen LogP contribution in [0.5, 0.6) is 0 Å². The third-order valence-corrected chi connectivity index (χ3v) is 4.43. The minimum absolute atomic E-state index is 0.147. The summed E-state index contributed by atoms with van der Waals surface area (Å²) < 4.78 is 0. The lowest BCUT2D eigenvalue weighted by molar-refractivity contribution is -0.138. The standard InChI is InChI=1S/C16H23ClN2O2/c1-16(2,13-3-5-14(17)6-4-13)15(21)19-9-7-18(8-10-19)11-12-20/h3-6,20H,7-12H2,1-2H3. The molecule has 1 heterocycles. The fourth-order valence-electron chi connectivity index (χ4n) is 2.70. The number of hydrogen-bond donors (Lipinski definition) is 1. The average molecular weight is 311 g/mol. The number of halogens is 1. The lowest BCUT2D eigenvalue weighted by atomic mass is 9.83. The molecule has 0 bridgehead atoms. The van der Waals surface area contributed by atoms with Crippen molar-refractivity contribution in [1.82, 2.24) is 9.80 Å².